The van der Waals surface area contributed by atoms with E-state index in [-0.39, 0.29) is 0 Å². The van der Waals surface area contributed by atoms with Crippen molar-refractivity contribution >= 4 is 17.3 Å². The van der Waals surface area contributed by atoms with Crippen molar-refractivity contribution in [3.8, 4) is 10.8 Å². The number of rotatable bonds is 6. The van der Waals surface area contributed by atoms with Gasteiger partial charge in [0.05, 0.1) is 17.1 Å². The number of benzene rings is 1. The van der Waals surface area contributed by atoms with Gasteiger partial charge in [-0.3, -0.25) is 9.89 Å². The van der Waals surface area contributed by atoms with Gasteiger partial charge in [0.15, 0.2) is 5.96 Å². The van der Waals surface area contributed by atoms with Crippen molar-refractivity contribution in [1.82, 2.24) is 20.5 Å². The standard InChI is InChI=1S/C23H29N5OS/c1-17-13-19(10-11-28(17)15-18-7-4-3-5-8-18)27-23(24-2)25-14-20-16-29-22(26-20)21-9-6-12-30-21/h3-9,12,16-17,19H,10-11,13-15H2,1-2H3,(H2,24,25,27). The number of thiophene rings is 1. The van der Waals surface area contributed by atoms with Crippen LogP contribution in [0.25, 0.3) is 10.8 Å². The van der Waals surface area contributed by atoms with Crippen LogP contribution in [0.3, 0.4) is 0 Å². The number of likely N-dealkylation sites (tertiary alicyclic amines) is 1. The zero-order valence-corrected chi connectivity index (χ0v) is 18.4. The van der Waals surface area contributed by atoms with Crippen LogP contribution in [0.5, 0.6) is 0 Å². The lowest BCUT2D eigenvalue weighted by Gasteiger charge is -2.38. The van der Waals surface area contributed by atoms with Crippen LogP contribution in [0.1, 0.15) is 31.0 Å². The molecule has 1 aromatic carbocycles. The monoisotopic (exact) mass is 423 g/mol. The topological polar surface area (TPSA) is 65.7 Å². The fraction of sp³-hybridized carbons (Fsp3) is 0.391. The second-order valence-electron chi connectivity index (χ2n) is 7.72. The maximum absolute atomic E-state index is 5.59. The van der Waals surface area contributed by atoms with Gasteiger partial charge in [0.25, 0.3) is 0 Å². The van der Waals surface area contributed by atoms with E-state index in [1.165, 1.54) is 5.56 Å². The van der Waals surface area contributed by atoms with Crippen molar-refractivity contribution in [2.24, 2.45) is 4.99 Å². The summed E-state index contributed by atoms with van der Waals surface area (Å²) in [6, 6.07) is 15.7. The molecule has 1 aliphatic heterocycles. The van der Waals surface area contributed by atoms with Gasteiger partial charge < -0.3 is 15.1 Å². The third kappa shape index (κ3) is 5.29. The Hall–Kier alpha value is -2.64. The van der Waals surface area contributed by atoms with Crippen LogP contribution < -0.4 is 10.6 Å². The van der Waals surface area contributed by atoms with Crippen LogP contribution in [0.15, 0.2) is 63.5 Å². The number of hydrogen-bond acceptors (Lipinski definition) is 5. The molecule has 2 atom stereocenters. The van der Waals surface area contributed by atoms with Crippen LogP contribution in [-0.2, 0) is 13.1 Å². The van der Waals surface area contributed by atoms with E-state index in [1.54, 1.807) is 17.6 Å². The lowest BCUT2D eigenvalue weighted by molar-refractivity contribution is 0.134. The van der Waals surface area contributed by atoms with Gasteiger partial charge in [-0.15, -0.1) is 11.3 Å². The Bertz CT molecular complexity index is 938. The van der Waals surface area contributed by atoms with E-state index < -0.39 is 0 Å². The second kappa shape index (κ2) is 9.91. The van der Waals surface area contributed by atoms with Crippen molar-refractivity contribution in [3.63, 3.8) is 0 Å². The van der Waals surface area contributed by atoms with Crippen molar-refractivity contribution in [2.75, 3.05) is 13.6 Å². The highest BCUT2D eigenvalue weighted by Crippen LogP contribution is 2.23. The molecule has 30 heavy (non-hydrogen) atoms. The van der Waals surface area contributed by atoms with Crippen molar-refractivity contribution < 1.29 is 4.42 Å². The molecule has 1 fully saturated rings. The van der Waals surface area contributed by atoms with Crippen LogP contribution in [0.4, 0.5) is 0 Å². The average Bonchev–Trinajstić information content (AvgIpc) is 3.45. The molecule has 3 aromatic rings. The molecule has 1 aliphatic rings. The molecule has 2 N–H and O–H groups in total. The van der Waals surface area contributed by atoms with Crippen molar-refractivity contribution in [1.29, 1.82) is 0 Å². The summed E-state index contributed by atoms with van der Waals surface area (Å²) in [7, 11) is 1.81. The Morgan fingerprint density at radius 2 is 2.13 bits per heavy atom. The quantitative estimate of drug-likeness (QED) is 0.461. The molecule has 0 radical (unpaired) electrons. The second-order valence-corrected chi connectivity index (χ2v) is 8.67. The summed E-state index contributed by atoms with van der Waals surface area (Å²) >= 11 is 1.63. The summed E-state index contributed by atoms with van der Waals surface area (Å²) in [5, 5.41) is 8.97. The molecule has 6 nitrogen and oxygen atoms in total. The van der Waals surface area contributed by atoms with Crippen LogP contribution in [0.2, 0.25) is 0 Å². The van der Waals surface area contributed by atoms with Crippen LogP contribution >= 0.6 is 11.3 Å². The van der Waals surface area contributed by atoms with E-state index in [0.29, 0.717) is 24.5 Å². The van der Waals surface area contributed by atoms with E-state index in [0.717, 1.165) is 42.5 Å². The summed E-state index contributed by atoms with van der Waals surface area (Å²) in [5.41, 5.74) is 2.25. The van der Waals surface area contributed by atoms with Gasteiger partial charge in [0, 0.05) is 32.2 Å². The molecule has 0 spiro atoms. The molecule has 2 unspecified atom stereocenters. The predicted octanol–water partition coefficient (Wildman–Crippen LogP) is 4.12. The lowest BCUT2D eigenvalue weighted by Crippen LogP contribution is -2.51. The van der Waals surface area contributed by atoms with Crippen LogP contribution in [-0.4, -0.2) is 41.5 Å². The minimum absolute atomic E-state index is 0.414. The minimum Gasteiger partial charge on any atom is -0.443 e. The van der Waals surface area contributed by atoms with Gasteiger partial charge in [0.1, 0.15) is 6.26 Å². The number of piperidine rings is 1. The average molecular weight is 424 g/mol. The predicted molar refractivity (Wildman–Crippen MR) is 122 cm³/mol. The summed E-state index contributed by atoms with van der Waals surface area (Å²) in [6.07, 6.45) is 3.91. The third-order valence-electron chi connectivity index (χ3n) is 5.53. The molecule has 0 amide bonds. The zero-order valence-electron chi connectivity index (χ0n) is 17.5. The van der Waals surface area contributed by atoms with Gasteiger partial charge >= 0.3 is 0 Å². The maximum Gasteiger partial charge on any atom is 0.236 e. The highest BCUT2D eigenvalue weighted by molar-refractivity contribution is 7.13. The molecule has 1 saturated heterocycles. The molecule has 2 aromatic heterocycles. The lowest BCUT2D eigenvalue weighted by atomic mass is 9.97. The Morgan fingerprint density at radius 3 is 2.87 bits per heavy atom. The summed E-state index contributed by atoms with van der Waals surface area (Å²) in [5.74, 6) is 1.48. The van der Waals surface area contributed by atoms with E-state index in [1.807, 2.05) is 24.6 Å². The highest BCUT2D eigenvalue weighted by Gasteiger charge is 2.26. The molecule has 0 saturated carbocycles. The Balaban J connectivity index is 1.25. The van der Waals surface area contributed by atoms with Gasteiger partial charge in [-0.25, -0.2) is 4.98 Å². The first-order chi connectivity index (χ1) is 14.7. The number of nitrogens with zero attached hydrogens (tertiary/aromatic N) is 3. The maximum atomic E-state index is 5.59. The summed E-state index contributed by atoms with van der Waals surface area (Å²) < 4.78 is 5.59. The van der Waals surface area contributed by atoms with E-state index in [4.69, 9.17) is 4.42 Å². The number of nitrogens with one attached hydrogen (secondary N) is 2. The molecule has 7 heteroatoms. The molecule has 0 bridgehead atoms. The molecule has 4 rings (SSSR count). The minimum atomic E-state index is 0.414. The van der Waals surface area contributed by atoms with E-state index in [2.05, 4.69) is 62.8 Å². The molecular weight excluding hydrogens is 394 g/mol. The number of hydrogen-bond donors (Lipinski definition) is 2. The molecular formula is C23H29N5OS. The fourth-order valence-corrected chi connectivity index (χ4v) is 4.52. The molecule has 0 aliphatic carbocycles. The Kier molecular flexibility index (Phi) is 6.81. The molecule has 3 heterocycles. The first kappa shape index (κ1) is 20.6. The fourth-order valence-electron chi connectivity index (χ4n) is 3.87. The van der Waals surface area contributed by atoms with E-state index >= 15 is 0 Å². The van der Waals surface area contributed by atoms with Gasteiger partial charge in [-0.2, -0.15) is 0 Å². The Labute approximate surface area is 182 Å². The first-order valence-corrected chi connectivity index (χ1v) is 11.3. The largest absolute Gasteiger partial charge is 0.443 e. The number of aromatic nitrogens is 1. The summed E-state index contributed by atoms with van der Waals surface area (Å²) in [6.45, 7) is 4.99. The smallest absolute Gasteiger partial charge is 0.236 e. The van der Waals surface area contributed by atoms with Gasteiger partial charge in [0.2, 0.25) is 5.89 Å². The highest BCUT2D eigenvalue weighted by atomic mass is 32.1. The van der Waals surface area contributed by atoms with Crippen molar-refractivity contribution in [2.45, 2.75) is 44.9 Å². The van der Waals surface area contributed by atoms with E-state index in [9.17, 15) is 0 Å². The van der Waals surface area contributed by atoms with Gasteiger partial charge in [-0.05, 0) is 36.8 Å². The molecule has 158 valence electrons. The SMILES string of the molecule is CN=C(NCc1coc(-c2cccs2)n1)NC1CCN(Cc2ccccc2)C(C)C1. The third-order valence-corrected chi connectivity index (χ3v) is 6.39. The zero-order chi connectivity index (χ0) is 20.8. The number of aliphatic imine (C=N–C) groups is 1. The number of guanidine groups is 1. The van der Waals surface area contributed by atoms with Crippen molar-refractivity contribution in [3.05, 3.63) is 65.4 Å². The Morgan fingerprint density at radius 1 is 1.27 bits per heavy atom. The first-order valence-electron chi connectivity index (χ1n) is 10.4. The normalized spacial score (nSPS) is 20.3. The van der Waals surface area contributed by atoms with Gasteiger partial charge in [-0.1, -0.05) is 36.4 Å². The van der Waals surface area contributed by atoms with Crippen LogP contribution in [0, 0.1) is 0 Å². The number of oxazole rings is 1. The summed E-state index contributed by atoms with van der Waals surface area (Å²) in [4.78, 5) is 12.6.